The number of aromatic nitrogens is 5. The highest BCUT2D eigenvalue weighted by Gasteiger charge is 2.12. The van der Waals surface area contributed by atoms with E-state index in [1.54, 1.807) is 6.20 Å². The zero-order chi connectivity index (χ0) is 14.1. The van der Waals surface area contributed by atoms with Gasteiger partial charge >= 0.3 is 0 Å². The van der Waals surface area contributed by atoms with E-state index in [2.05, 4.69) is 25.5 Å². The summed E-state index contributed by atoms with van der Waals surface area (Å²) in [6.45, 7) is 4.04. The van der Waals surface area contributed by atoms with E-state index in [9.17, 15) is 4.79 Å². The van der Waals surface area contributed by atoms with Crippen molar-refractivity contribution in [2.45, 2.75) is 20.4 Å². The number of aromatic amines is 1. The minimum absolute atomic E-state index is 0.240. The molecule has 0 aliphatic rings. The maximum Gasteiger partial charge on any atom is 0.271 e. The topological polar surface area (TPSA) is 88.0 Å². The quantitative estimate of drug-likeness (QED) is 0.743. The number of fused-ring (bicyclic) bond motifs is 1. The molecule has 3 heterocycles. The minimum Gasteiger partial charge on any atom is -0.343 e. The zero-order valence-corrected chi connectivity index (χ0v) is 11.2. The third-order valence-corrected chi connectivity index (χ3v) is 2.96. The Morgan fingerprint density at radius 3 is 2.95 bits per heavy atom. The van der Waals surface area contributed by atoms with Crippen LogP contribution in [0.4, 0.5) is 0 Å². The Balaban J connectivity index is 1.77. The molecule has 0 aliphatic carbocycles. The van der Waals surface area contributed by atoms with E-state index in [0.717, 1.165) is 17.0 Å². The lowest BCUT2D eigenvalue weighted by atomic mass is 10.3. The number of hydrogen-bond donors (Lipinski definition) is 2. The Labute approximate surface area is 115 Å². The minimum atomic E-state index is -0.240. The molecule has 20 heavy (non-hydrogen) atoms. The number of carbonyl (C=O) groups excluding carboxylic acids is 1. The molecule has 3 aromatic rings. The van der Waals surface area contributed by atoms with Gasteiger partial charge in [-0.15, -0.1) is 0 Å². The molecule has 102 valence electrons. The molecule has 7 nitrogen and oxygen atoms in total. The summed E-state index contributed by atoms with van der Waals surface area (Å²) in [4.78, 5) is 20.5. The normalized spacial score (nSPS) is 10.9. The van der Waals surface area contributed by atoms with Gasteiger partial charge in [0.25, 0.3) is 5.91 Å². The number of aryl methyl sites for hydroxylation is 2. The van der Waals surface area contributed by atoms with Crippen LogP contribution < -0.4 is 5.32 Å². The van der Waals surface area contributed by atoms with Crippen molar-refractivity contribution in [2.75, 3.05) is 0 Å². The van der Waals surface area contributed by atoms with Gasteiger partial charge in [-0.05, 0) is 25.5 Å². The lowest BCUT2D eigenvalue weighted by molar-refractivity contribution is 0.0945. The van der Waals surface area contributed by atoms with Crippen LogP contribution in [0.15, 0.2) is 24.5 Å². The van der Waals surface area contributed by atoms with Crippen LogP contribution in [0.2, 0.25) is 0 Å². The average molecular weight is 270 g/mol. The van der Waals surface area contributed by atoms with E-state index in [0.29, 0.717) is 11.5 Å². The van der Waals surface area contributed by atoms with Crippen molar-refractivity contribution in [3.05, 3.63) is 47.4 Å². The molecule has 0 saturated carbocycles. The summed E-state index contributed by atoms with van der Waals surface area (Å²) in [5.41, 5.74) is 2.19. The number of H-pyrrole nitrogens is 1. The molecule has 0 radical (unpaired) electrons. The van der Waals surface area contributed by atoms with Crippen molar-refractivity contribution in [3.63, 3.8) is 0 Å². The molecule has 0 aliphatic heterocycles. The molecule has 2 N–H and O–H groups in total. The molecule has 0 atom stereocenters. The zero-order valence-electron chi connectivity index (χ0n) is 11.2. The summed E-state index contributed by atoms with van der Waals surface area (Å²) >= 11 is 0. The highest BCUT2D eigenvalue weighted by atomic mass is 16.1. The number of nitrogens with zero attached hydrogens (tertiary/aromatic N) is 4. The van der Waals surface area contributed by atoms with Crippen molar-refractivity contribution >= 4 is 11.6 Å². The third-order valence-electron chi connectivity index (χ3n) is 2.96. The van der Waals surface area contributed by atoms with Gasteiger partial charge in [0, 0.05) is 12.4 Å². The fourth-order valence-electron chi connectivity index (χ4n) is 1.98. The average Bonchev–Trinajstić information content (AvgIpc) is 3.03. The van der Waals surface area contributed by atoms with Crippen LogP contribution in [0.1, 0.15) is 27.7 Å². The van der Waals surface area contributed by atoms with Crippen molar-refractivity contribution in [3.8, 4) is 0 Å². The second-order valence-electron chi connectivity index (χ2n) is 4.57. The lowest BCUT2D eigenvalue weighted by Gasteiger charge is -1.98. The van der Waals surface area contributed by atoms with Crippen molar-refractivity contribution in [1.82, 2.24) is 29.9 Å². The molecule has 0 bridgehead atoms. The van der Waals surface area contributed by atoms with Gasteiger partial charge in [0.2, 0.25) is 0 Å². The largest absolute Gasteiger partial charge is 0.343 e. The predicted molar refractivity (Wildman–Crippen MR) is 72.2 cm³/mol. The summed E-state index contributed by atoms with van der Waals surface area (Å²) in [6, 6.07) is 3.88. The van der Waals surface area contributed by atoms with Gasteiger partial charge in [-0.2, -0.15) is 5.10 Å². The summed E-state index contributed by atoms with van der Waals surface area (Å²) in [6.07, 6.45) is 3.58. The molecule has 0 aromatic carbocycles. The monoisotopic (exact) mass is 270 g/mol. The summed E-state index contributed by atoms with van der Waals surface area (Å²) in [7, 11) is 0. The van der Waals surface area contributed by atoms with Gasteiger partial charge in [-0.3, -0.25) is 9.89 Å². The molecule has 0 spiro atoms. The number of nitrogens with one attached hydrogen (secondary N) is 2. The molecule has 0 saturated heterocycles. The number of hydrogen-bond acceptors (Lipinski definition) is 4. The molecular weight excluding hydrogens is 256 g/mol. The number of imidazole rings is 1. The number of carbonyl (C=O) groups is 1. The van der Waals surface area contributed by atoms with E-state index in [4.69, 9.17) is 0 Å². The van der Waals surface area contributed by atoms with Gasteiger partial charge < -0.3 is 9.72 Å². The molecule has 1 amide bonds. The van der Waals surface area contributed by atoms with Gasteiger partial charge in [0.1, 0.15) is 17.2 Å². The number of pyridine rings is 1. The van der Waals surface area contributed by atoms with Crippen molar-refractivity contribution < 1.29 is 4.79 Å². The third kappa shape index (κ3) is 2.25. The first-order valence-electron chi connectivity index (χ1n) is 6.24. The second-order valence-corrected chi connectivity index (χ2v) is 4.57. The van der Waals surface area contributed by atoms with Crippen LogP contribution in [0.25, 0.3) is 5.65 Å². The van der Waals surface area contributed by atoms with Crippen LogP contribution in [0, 0.1) is 13.8 Å². The van der Waals surface area contributed by atoms with Crippen molar-refractivity contribution in [2.24, 2.45) is 0 Å². The summed E-state index contributed by atoms with van der Waals surface area (Å²) in [5.74, 6) is 1.03. The number of rotatable bonds is 3. The molecule has 0 fully saturated rings. The second kappa shape index (κ2) is 4.76. The first kappa shape index (κ1) is 12.3. The van der Waals surface area contributed by atoms with Gasteiger partial charge in [-0.25, -0.2) is 9.97 Å². The van der Waals surface area contributed by atoms with Crippen LogP contribution in [0.3, 0.4) is 0 Å². The SMILES string of the molecule is Cc1nc(CNC(=O)c2cn3cccc(C)c3n2)n[nH]1. The molecule has 0 unspecified atom stereocenters. The highest BCUT2D eigenvalue weighted by Crippen LogP contribution is 2.09. The van der Waals surface area contributed by atoms with E-state index in [1.807, 2.05) is 36.6 Å². The first-order valence-corrected chi connectivity index (χ1v) is 6.24. The summed E-state index contributed by atoms with van der Waals surface area (Å²) in [5, 5.41) is 9.44. The molecular formula is C13H14N6O. The molecule has 3 rings (SSSR count). The van der Waals surface area contributed by atoms with Crippen LogP contribution in [-0.4, -0.2) is 30.5 Å². The first-order chi connectivity index (χ1) is 9.63. The smallest absolute Gasteiger partial charge is 0.271 e. The Morgan fingerprint density at radius 2 is 2.25 bits per heavy atom. The molecule has 3 aromatic heterocycles. The Bertz CT molecular complexity index is 772. The lowest BCUT2D eigenvalue weighted by Crippen LogP contribution is -2.23. The maximum absolute atomic E-state index is 12.1. The highest BCUT2D eigenvalue weighted by molar-refractivity contribution is 5.92. The molecule has 7 heteroatoms. The van der Waals surface area contributed by atoms with E-state index in [1.165, 1.54) is 0 Å². The van der Waals surface area contributed by atoms with Gasteiger partial charge in [0.15, 0.2) is 5.82 Å². The van der Waals surface area contributed by atoms with E-state index < -0.39 is 0 Å². The fraction of sp³-hybridized carbons (Fsp3) is 0.231. The standard InChI is InChI=1S/C13H14N6O/c1-8-4-3-5-19-7-10(16-12(8)19)13(20)14-6-11-15-9(2)17-18-11/h3-5,7H,6H2,1-2H3,(H,14,20)(H,15,17,18). The van der Waals surface area contributed by atoms with Crippen LogP contribution in [0.5, 0.6) is 0 Å². The fourth-order valence-corrected chi connectivity index (χ4v) is 1.98. The predicted octanol–water partition coefficient (Wildman–Crippen LogP) is 0.999. The van der Waals surface area contributed by atoms with Crippen LogP contribution in [-0.2, 0) is 6.54 Å². The van der Waals surface area contributed by atoms with Crippen molar-refractivity contribution in [1.29, 1.82) is 0 Å². The maximum atomic E-state index is 12.1. The van der Waals surface area contributed by atoms with E-state index in [-0.39, 0.29) is 12.5 Å². The van der Waals surface area contributed by atoms with Gasteiger partial charge in [-0.1, -0.05) is 6.07 Å². The van der Waals surface area contributed by atoms with Gasteiger partial charge in [0.05, 0.1) is 6.54 Å². The Hall–Kier alpha value is -2.70. The Kier molecular flexibility index (Phi) is 2.94. The Morgan fingerprint density at radius 1 is 1.40 bits per heavy atom. The van der Waals surface area contributed by atoms with E-state index >= 15 is 0 Å². The number of amides is 1. The summed E-state index contributed by atoms with van der Waals surface area (Å²) < 4.78 is 1.83. The van der Waals surface area contributed by atoms with Crippen LogP contribution >= 0.6 is 0 Å².